The van der Waals surface area contributed by atoms with Gasteiger partial charge in [0.05, 0.1) is 4.90 Å². The molecule has 1 aliphatic heterocycles. The number of piperidine rings is 1. The van der Waals surface area contributed by atoms with Crippen molar-refractivity contribution >= 4 is 33.2 Å². The molecule has 0 saturated carbocycles. The number of nitrogens with one attached hydrogen (secondary N) is 2. The Morgan fingerprint density at radius 3 is 2.34 bits per heavy atom. The highest BCUT2D eigenvalue weighted by molar-refractivity contribution is 7.92. The van der Waals surface area contributed by atoms with Gasteiger partial charge in [-0.1, -0.05) is 25.1 Å². The molecule has 1 atom stereocenters. The van der Waals surface area contributed by atoms with Gasteiger partial charge in [-0.2, -0.15) is 13.2 Å². The number of anilines is 2. The summed E-state index contributed by atoms with van der Waals surface area (Å²) >= 11 is 0. The molecule has 2 heterocycles. The second-order valence-corrected chi connectivity index (χ2v) is 12.8. The predicted octanol–water partition coefficient (Wildman–Crippen LogP) is 5.00. The predicted molar refractivity (Wildman–Crippen MR) is 160 cm³/mol. The maximum absolute atomic E-state index is 13.2. The number of sulfone groups is 1. The van der Waals surface area contributed by atoms with Crippen molar-refractivity contribution in [2.75, 3.05) is 29.9 Å². The molecular formula is C31H35F3N4O5S. The number of carbonyl (C=O) groups excluding carboxylic acids is 1. The number of rotatable bonds is 11. The van der Waals surface area contributed by atoms with Crippen LogP contribution in [0.5, 0.6) is 0 Å². The minimum Gasteiger partial charge on any atom is -0.480 e. The lowest BCUT2D eigenvalue weighted by atomic mass is 9.96. The quantitative estimate of drug-likeness (QED) is 0.270. The van der Waals surface area contributed by atoms with Crippen LogP contribution in [0.2, 0.25) is 0 Å². The van der Waals surface area contributed by atoms with Gasteiger partial charge in [-0.25, -0.2) is 18.2 Å². The van der Waals surface area contributed by atoms with Crippen molar-refractivity contribution in [1.29, 1.82) is 0 Å². The molecule has 2 aromatic carbocycles. The van der Waals surface area contributed by atoms with Crippen LogP contribution in [0.4, 0.5) is 24.7 Å². The number of halogens is 3. The van der Waals surface area contributed by atoms with E-state index in [0.29, 0.717) is 11.5 Å². The van der Waals surface area contributed by atoms with Gasteiger partial charge in [0, 0.05) is 43.5 Å². The zero-order valence-electron chi connectivity index (χ0n) is 24.4. The largest absolute Gasteiger partial charge is 0.501 e. The summed E-state index contributed by atoms with van der Waals surface area (Å²) in [5.41, 5.74) is -3.79. The second-order valence-electron chi connectivity index (χ2n) is 10.8. The molecule has 1 fully saturated rings. The molecule has 3 aromatic rings. The maximum Gasteiger partial charge on any atom is 0.501 e. The topological polar surface area (TPSA) is 129 Å². The van der Waals surface area contributed by atoms with Crippen LogP contribution in [-0.4, -0.2) is 61.6 Å². The number of alkyl halides is 3. The number of aryl methyl sites for hydroxylation is 2. The van der Waals surface area contributed by atoms with Crippen molar-refractivity contribution in [2.45, 2.75) is 56.0 Å². The number of aliphatic carboxylic acids is 1. The molecule has 1 saturated heterocycles. The number of carbonyl (C=O) groups is 2. The molecule has 13 heteroatoms. The molecule has 1 aliphatic rings. The smallest absolute Gasteiger partial charge is 0.480 e. The maximum atomic E-state index is 13.2. The highest BCUT2D eigenvalue weighted by Crippen LogP contribution is 2.33. The Hall–Kier alpha value is -4.13. The number of hydrogen-bond donors (Lipinski definition) is 3. The molecule has 0 bridgehead atoms. The number of aromatic nitrogens is 1. The first kappa shape index (κ1) is 32.8. The number of pyridine rings is 1. The molecular weight excluding hydrogens is 597 g/mol. The van der Waals surface area contributed by atoms with E-state index >= 15 is 0 Å². The lowest BCUT2D eigenvalue weighted by Gasteiger charge is -2.34. The molecule has 1 unspecified atom stereocenters. The fourth-order valence-corrected chi connectivity index (χ4v) is 6.23. The summed E-state index contributed by atoms with van der Waals surface area (Å²) in [5, 5.41) is 15.7. The van der Waals surface area contributed by atoms with Crippen molar-refractivity contribution in [1.82, 2.24) is 10.3 Å². The Kier molecular flexibility index (Phi) is 10.2. The van der Waals surface area contributed by atoms with Crippen LogP contribution in [0.1, 0.15) is 46.8 Å². The number of carboxylic acids is 1. The monoisotopic (exact) mass is 632 g/mol. The summed E-state index contributed by atoms with van der Waals surface area (Å²) in [6.07, 6.45) is 3.81. The van der Waals surface area contributed by atoms with E-state index in [2.05, 4.69) is 20.5 Å². The molecule has 236 valence electrons. The van der Waals surface area contributed by atoms with E-state index in [1.165, 1.54) is 6.92 Å². The van der Waals surface area contributed by atoms with Crippen LogP contribution in [0.15, 0.2) is 65.7 Å². The van der Waals surface area contributed by atoms with Crippen molar-refractivity contribution in [3.63, 3.8) is 0 Å². The summed E-state index contributed by atoms with van der Waals surface area (Å²) in [7, 11) is -5.61. The summed E-state index contributed by atoms with van der Waals surface area (Å²) in [5.74, 6) is -0.707. The first-order valence-electron chi connectivity index (χ1n) is 14.3. The van der Waals surface area contributed by atoms with Crippen LogP contribution < -0.4 is 15.5 Å². The number of benzene rings is 2. The minimum atomic E-state index is -5.61. The van der Waals surface area contributed by atoms with Gasteiger partial charge >= 0.3 is 11.5 Å². The van der Waals surface area contributed by atoms with E-state index < -0.39 is 38.2 Å². The highest BCUT2D eigenvalue weighted by atomic mass is 32.2. The molecule has 0 radical (unpaired) electrons. The lowest BCUT2D eigenvalue weighted by molar-refractivity contribution is -0.139. The fourth-order valence-electron chi connectivity index (χ4n) is 5.34. The molecule has 1 amide bonds. The van der Waals surface area contributed by atoms with Gasteiger partial charge in [0.15, 0.2) is 0 Å². The second kappa shape index (κ2) is 13.7. The Bertz CT molecular complexity index is 1570. The third kappa shape index (κ3) is 7.68. The van der Waals surface area contributed by atoms with E-state index in [-0.39, 0.29) is 29.5 Å². The first-order valence-corrected chi connectivity index (χ1v) is 15.8. The van der Waals surface area contributed by atoms with Crippen LogP contribution in [0.3, 0.4) is 0 Å². The minimum absolute atomic E-state index is 0.00514. The van der Waals surface area contributed by atoms with Crippen LogP contribution >= 0.6 is 0 Å². The molecule has 0 aliphatic carbocycles. The van der Waals surface area contributed by atoms with E-state index in [1.807, 2.05) is 42.5 Å². The van der Waals surface area contributed by atoms with Gasteiger partial charge in [0.2, 0.25) is 0 Å². The van der Waals surface area contributed by atoms with E-state index in [9.17, 15) is 36.3 Å². The number of hydrogen-bond acceptors (Lipinski definition) is 7. The standard InChI is InChI=1S/C31H35F3N4O5S/c1-3-23-18-25(44(42,43)31(32,33)34)16-20(2)28(23)29(39)37-26(30(40)41)17-21-7-9-24(10-8-21)38-14-11-22(12-15-38)19-36-27-6-4-5-13-35-27/h4-10,13,16,18,22,26H,3,11-12,14-15,17,19H2,1-2H3,(H,35,36)(H,37,39)(H,40,41). The average molecular weight is 633 g/mol. The third-order valence-electron chi connectivity index (χ3n) is 7.81. The SMILES string of the molecule is CCc1cc(S(=O)(=O)C(F)(F)F)cc(C)c1C(=O)NC(Cc1ccc(N2CCC(CNc3ccccn3)CC2)cc1)C(=O)O. The third-order valence-corrected chi connectivity index (χ3v) is 9.28. The molecule has 1 aromatic heterocycles. The Labute approximate surface area is 254 Å². The average Bonchev–Trinajstić information content (AvgIpc) is 2.99. The Morgan fingerprint density at radius 1 is 1.09 bits per heavy atom. The van der Waals surface area contributed by atoms with Gasteiger partial charge in [-0.05, 0) is 85.2 Å². The Morgan fingerprint density at radius 2 is 1.77 bits per heavy atom. The van der Waals surface area contributed by atoms with Gasteiger partial charge in [-0.3, -0.25) is 4.79 Å². The summed E-state index contributed by atoms with van der Waals surface area (Å²) in [6, 6.07) is 13.5. The van der Waals surface area contributed by atoms with Gasteiger partial charge < -0.3 is 20.6 Å². The molecule has 9 nitrogen and oxygen atoms in total. The van der Waals surface area contributed by atoms with Crippen molar-refractivity contribution < 1.29 is 36.3 Å². The van der Waals surface area contributed by atoms with Crippen LogP contribution in [-0.2, 0) is 27.5 Å². The summed E-state index contributed by atoms with van der Waals surface area (Å²) in [6.45, 7) is 5.49. The van der Waals surface area contributed by atoms with Crippen molar-refractivity contribution in [2.24, 2.45) is 5.92 Å². The zero-order chi connectivity index (χ0) is 32.1. The molecule has 3 N–H and O–H groups in total. The molecule has 0 spiro atoms. The van der Waals surface area contributed by atoms with Gasteiger partial charge in [0.1, 0.15) is 11.9 Å². The van der Waals surface area contributed by atoms with Crippen LogP contribution in [0.25, 0.3) is 0 Å². The van der Waals surface area contributed by atoms with Crippen molar-refractivity contribution in [3.8, 4) is 0 Å². The molecule has 44 heavy (non-hydrogen) atoms. The van der Waals surface area contributed by atoms with E-state index in [1.54, 1.807) is 13.1 Å². The van der Waals surface area contributed by atoms with Gasteiger partial charge in [0.25, 0.3) is 15.7 Å². The Balaban J connectivity index is 1.38. The highest BCUT2D eigenvalue weighted by Gasteiger charge is 2.47. The summed E-state index contributed by atoms with van der Waals surface area (Å²) < 4.78 is 63.2. The fraction of sp³-hybridized carbons (Fsp3) is 0.387. The van der Waals surface area contributed by atoms with E-state index in [4.69, 9.17) is 0 Å². The lowest BCUT2D eigenvalue weighted by Crippen LogP contribution is -2.43. The van der Waals surface area contributed by atoms with E-state index in [0.717, 1.165) is 56.1 Å². The number of nitrogens with zero attached hydrogens (tertiary/aromatic N) is 2. The molecule has 4 rings (SSSR count). The van der Waals surface area contributed by atoms with Crippen molar-refractivity contribution in [3.05, 3.63) is 83.0 Å². The first-order chi connectivity index (χ1) is 20.8. The van der Waals surface area contributed by atoms with Gasteiger partial charge in [-0.15, -0.1) is 0 Å². The summed E-state index contributed by atoms with van der Waals surface area (Å²) in [4.78, 5) is 30.8. The zero-order valence-corrected chi connectivity index (χ0v) is 25.2. The number of amides is 1. The normalized spacial score (nSPS) is 15.1. The number of carboxylic acid groups (broad SMARTS) is 1. The van der Waals surface area contributed by atoms with Crippen LogP contribution in [0, 0.1) is 12.8 Å².